The van der Waals surface area contributed by atoms with E-state index >= 15 is 0 Å². The summed E-state index contributed by atoms with van der Waals surface area (Å²) in [4.78, 5) is 62.0. The Morgan fingerprint density at radius 2 is 1.49 bits per heavy atom. The van der Waals surface area contributed by atoms with Crippen molar-refractivity contribution in [2.45, 2.75) is 123 Å². The van der Waals surface area contributed by atoms with Crippen molar-refractivity contribution < 1.29 is 47.2 Å². The molecule has 0 aromatic heterocycles. The number of phosphoric ester groups is 1. The Hall–Kier alpha value is -2.05. The van der Waals surface area contributed by atoms with E-state index in [4.69, 9.17) is 18.5 Å². The summed E-state index contributed by atoms with van der Waals surface area (Å²) in [7, 11) is -2.77. The topological polar surface area (TPSA) is 161 Å². The largest absolute Gasteiger partial charge is 0.472 e. The van der Waals surface area contributed by atoms with Crippen molar-refractivity contribution in [1.82, 2.24) is 15.1 Å². The molecule has 0 aromatic rings. The first-order chi connectivity index (χ1) is 22.5. The van der Waals surface area contributed by atoms with Gasteiger partial charge in [-0.25, -0.2) is 4.57 Å². The summed E-state index contributed by atoms with van der Waals surface area (Å²) in [6.45, 7) is 7.22. The Morgan fingerprint density at radius 3 is 2.06 bits per heavy atom. The lowest BCUT2D eigenvalue weighted by Gasteiger charge is -2.32. The number of unbranched alkanes of at least 4 members (excludes halogenated alkanes) is 10. The van der Waals surface area contributed by atoms with E-state index in [-0.39, 0.29) is 50.3 Å². The number of likely N-dealkylation sites (tertiary alicyclic amines) is 1. The summed E-state index contributed by atoms with van der Waals surface area (Å²) < 4.78 is 32.9. The van der Waals surface area contributed by atoms with Gasteiger partial charge in [-0.05, 0) is 32.4 Å². The fourth-order valence-electron chi connectivity index (χ4n) is 5.14. The Morgan fingerprint density at radius 1 is 0.894 bits per heavy atom. The second-order valence-corrected chi connectivity index (χ2v) is 13.8. The molecule has 2 amide bonds. The molecule has 13 nitrogen and oxygen atoms in total. The highest BCUT2D eigenvalue weighted by Gasteiger charge is 2.27. The van der Waals surface area contributed by atoms with E-state index in [0.29, 0.717) is 25.8 Å². The van der Waals surface area contributed by atoms with E-state index in [9.17, 15) is 28.6 Å². The first kappa shape index (κ1) is 43.0. The summed E-state index contributed by atoms with van der Waals surface area (Å²) in [6.07, 6.45) is 13.3. The standard InChI is InChI=1S/C33H62N3O10P/c1-5-7-8-9-10-11-12-13-14-15-16-17-32(39)46-30(26-43-31(38)6-2)27-45-47(41,42)44-25-20-34-33(40)29-18-21-36(22-19-29)24-23-35(4)28(3)37/h29-30H,5-27H2,1-4H3,(H,34,40)(H,41,42). The number of carbonyl (C=O) groups excluding carboxylic acids is 4. The molecule has 0 spiro atoms. The highest BCUT2D eigenvalue weighted by Crippen LogP contribution is 2.43. The third-order valence-corrected chi connectivity index (χ3v) is 9.31. The van der Waals surface area contributed by atoms with Crippen LogP contribution in [0.2, 0.25) is 0 Å². The molecule has 0 aliphatic carbocycles. The van der Waals surface area contributed by atoms with Crippen LogP contribution < -0.4 is 5.32 Å². The number of likely N-dealkylation sites (N-methyl/N-ethyl adjacent to an activating group) is 1. The molecule has 14 heteroatoms. The lowest BCUT2D eigenvalue weighted by Crippen LogP contribution is -2.43. The van der Waals surface area contributed by atoms with Gasteiger partial charge in [0, 0.05) is 52.4 Å². The van der Waals surface area contributed by atoms with Crippen molar-refractivity contribution in [1.29, 1.82) is 0 Å². The molecule has 0 aromatic carbocycles. The van der Waals surface area contributed by atoms with Gasteiger partial charge in [0.1, 0.15) is 6.61 Å². The Balaban J connectivity index is 2.31. The molecule has 1 aliphatic heterocycles. The maximum Gasteiger partial charge on any atom is 0.472 e. The Kier molecular flexibility index (Phi) is 23.7. The normalized spacial score (nSPS) is 15.9. The van der Waals surface area contributed by atoms with Crippen LogP contribution in [0.3, 0.4) is 0 Å². The van der Waals surface area contributed by atoms with E-state index in [0.717, 1.165) is 38.9 Å². The van der Waals surface area contributed by atoms with Gasteiger partial charge in [0.25, 0.3) is 0 Å². The van der Waals surface area contributed by atoms with E-state index in [1.165, 1.54) is 51.9 Å². The van der Waals surface area contributed by atoms with Gasteiger partial charge in [-0.1, -0.05) is 78.1 Å². The van der Waals surface area contributed by atoms with Crippen LogP contribution in [-0.4, -0.2) is 104 Å². The molecule has 0 saturated carbocycles. The minimum atomic E-state index is -4.53. The first-order valence-corrected chi connectivity index (χ1v) is 19.2. The quantitative estimate of drug-likeness (QED) is 0.0678. The zero-order chi connectivity index (χ0) is 34.9. The second-order valence-electron chi connectivity index (χ2n) is 12.4. The van der Waals surface area contributed by atoms with Gasteiger partial charge in [0.2, 0.25) is 11.8 Å². The van der Waals surface area contributed by atoms with Crippen LogP contribution in [0.1, 0.15) is 117 Å². The molecule has 2 N–H and O–H groups in total. The fraction of sp³-hybridized carbons (Fsp3) is 0.879. The van der Waals surface area contributed by atoms with E-state index in [1.807, 2.05) is 0 Å². The van der Waals surface area contributed by atoms with Gasteiger partial charge in [-0.2, -0.15) is 0 Å². The second kappa shape index (κ2) is 25.9. The molecular weight excluding hydrogens is 629 g/mol. The van der Waals surface area contributed by atoms with Crippen molar-refractivity contribution in [2.24, 2.45) is 5.92 Å². The summed E-state index contributed by atoms with van der Waals surface area (Å²) in [5, 5.41) is 2.73. The Bertz CT molecular complexity index is 946. The Labute approximate surface area is 282 Å². The highest BCUT2D eigenvalue weighted by molar-refractivity contribution is 7.47. The van der Waals surface area contributed by atoms with Crippen molar-refractivity contribution >= 4 is 31.6 Å². The van der Waals surface area contributed by atoms with Crippen molar-refractivity contribution in [3.8, 4) is 0 Å². The molecule has 0 radical (unpaired) electrons. The third-order valence-electron chi connectivity index (χ3n) is 8.33. The lowest BCUT2D eigenvalue weighted by atomic mass is 9.96. The first-order valence-electron chi connectivity index (χ1n) is 17.7. The van der Waals surface area contributed by atoms with Gasteiger partial charge >= 0.3 is 19.8 Å². The van der Waals surface area contributed by atoms with E-state index in [2.05, 4.69) is 17.1 Å². The number of hydrogen-bond donors (Lipinski definition) is 2. The van der Waals surface area contributed by atoms with Crippen molar-refractivity contribution in [3.05, 3.63) is 0 Å². The van der Waals surface area contributed by atoms with Crippen LogP contribution in [0.25, 0.3) is 0 Å². The van der Waals surface area contributed by atoms with Gasteiger partial charge in [-0.3, -0.25) is 28.2 Å². The number of rotatable bonds is 27. The summed E-state index contributed by atoms with van der Waals surface area (Å²) in [5.74, 6) is -1.29. The van der Waals surface area contributed by atoms with Crippen LogP contribution in [0.4, 0.5) is 0 Å². The number of ether oxygens (including phenoxy) is 2. The predicted molar refractivity (Wildman–Crippen MR) is 179 cm³/mol. The van der Waals surface area contributed by atoms with Crippen LogP contribution >= 0.6 is 7.82 Å². The average molecular weight is 692 g/mol. The maximum atomic E-state index is 12.6. The van der Waals surface area contributed by atoms with Crippen molar-refractivity contribution in [2.75, 3.05) is 59.6 Å². The SMILES string of the molecule is CCCCCCCCCCCCCC(=O)OC(COC(=O)CC)COP(=O)(O)OCCNC(=O)C1CCN(CCN(C)C(C)=O)CC1. The van der Waals surface area contributed by atoms with Gasteiger partial charge in [-0.15, -0.1) is 0 Å². The zero-order valence-electron chi connectivity index (χ0n) is 29.4. The zero-order valence-corrected chi connectivity index (χ0v) is 30.3. The number of nitrogens with zero attached hydrogens (tertiary/aromatic N) is 2. The molecule has 0 bridgehead atoms. The number of amides is 2. The number of nitrogens with one attached hydrogen (secondary N) is 1. The summed E-state index contributed by atoms with van der Waals surface area (Å²) >= 11 is 0. The number of carbonyl (C=O) groups is 4. The summed E-state index contributed by atoms with van der Waals surface area (Å²) in [6, 6.07) is 0. The van der Waals surface area contributed by atoms with E-state index in [1.54, 1.807) is 18.9 Å². The predicted octanol–water partition coefficient (Wildman–Crippen LogP) is 4.99. The third kappa shape index (κ3) is 22.3. The molecular formula is C33H62N3O10P. The van der Waals surface area contributed by atoms with Crippen molar-refractivity contribution in [3.63, 3.8) is 0 Å². The molecule has 2 unspecified atom stereocenters. The molecule has 47 heavy (non-hydrogen) atoms. The molecule has 1 aliphatic rings. The number of esters is 2. The molecule has 2 atom stereocenters. The fourth-order valence-corrected chi connectivity index (χ4v) is 5.90. The molecule has 1 fully saturated rings. The van der Waals surface area contributed by atoms with Crippen LogP contribution in [0.5, 0.6) is 0 Å². The number of phosphoric acid groups is 1. The van der Waals surface area contributed by atoms with Crippen LogP contribution in [0.15, 0.2) is 0 Å². The van der Waals surface area contributed by atoms with Crippen LogP contribution in [-0.2, 0) is 42.3 Å². The van der Waals surface area contributed by atoms with Gasteiger partial charge < -0.3 is 29.5 Å². The maximum absolute atomic E-state index is 12.6. The van der Waals surface area contributed by atoms with Crippen LogP contribution in [0, 0.1) is 5.92 Å². The lowest BCUT2D eigenvalue weighted by molar-refractivity contribution is -0.161. The number of hydrogen-bond acceptors (Lipinski definition) is 10. The monoisotopic (exact) mass is 691 g/mol. The average Bonchev–Trinajstić information content (AvgIpc) is 3.05. The molecule has 1 rings (SSSR count). The minimum absolute atomic E-state index is 0.0157. The molecule has 1 heterocycles. The van der Waals surface area contributed by atoms with Gasteiger partial charge in [0.05, 0.1) is 13.2 Å². The highest BCUT2D eigenvalue weighted by atomic mass is 31.2. The van der Waals surface area contributed by atoms with Gasteiger partial charge in [0.15, 0.2) is 6.10 Å². The summed E-state index contributed by atoms with van der Waals surface area (Å²) in [5.41, 5.74) is 0. The molecule has 1 saturated heterocycles. The minimum Gasteiger partial charge on any atom is -0.462 e. The van der Waals surface area contributed by atoms with E-state index < -0.39 is 32.5 Å². The molecule has 274 valence electrons. The number of piperidine rings is 1. The smallest absolute Gasteiger partial charge is 0.462 e.